The molecule has 1 aliphatic rings. The standard InChI is InChI=1S/C23H27N3O2S/c1-16(2)20(25-21(27)19-11-7-8-17(3)14-19)22(28)26-12-13-29-23(26)24-15-18-9-5-4-6-10-18/h4-11,14,16,20H,12-13,15H2,1-3H3,(H,25,27). The van der Waals surface area contributed by atoms with Crippen molar-refractivity contribution in [2.24, 2.45) is 10.9 Å². The van der Waals surface area contributed by atoms with Gasteiger partial charge in [0.2, 0.25) is 0 Å². The molecule has 1 N–H and O–H groups in total. The summed E-state index contributed by atoms with van der Waals surface area (Å²) in [5.74, 6) is 0.459. The Morgan fingerprint density at radius 2 is 1.90 bits per heavy atom. The average Bonchev–Trinajstić information content (AvgIpc) is 3.19. The summed E-state index contributed by atoms with van der Waals surface area (Å²) in [6.07, 6.45) is 0. The highest BCUT2D eigenvalue weighted by molar-refractivity contribution is 8.14. The first-order valence-electron chi connectivity index (χ1n) is 9.86. The SMILES string of the molecule is Cc1cccc(C(=O)NC(C(=O)N2CCSC2=NCc2ccccc2)C(C)C)c1. The zero-order valence-corrected chi connectivity index (χ0v) is 17.9. The van der Waals surface area contributed by atoms with Crippen LogP contribution >= 0.6 is 11.8 Å². The van der Waals surface area contributed by atoms with Crippen LogP contribution in [0.3, 0.4) is 0 Å². The molecule has 0 saturated carbocycles. The van der Waals surface area contributed by atoms with Crippen molar-refractivity contribution in [3.63, 3.8) is 0 Å². The highest BCUT2D eigenvalue weighted by atomic mass is 32.2. The van der Waals surface area contributed by atoms with Crippen LogP contribution in [0.5, 0.6) is 0 Å². The summed E-state index contributed by atoms with van der Waals surface area (Å²) in [5.41, 5.74) is 2.68. The zero-order valence-electron chi connectivity index (χ0n) is 17.1. The molecule has 1 fully saturated rings. The Hall–Kier alpha value is -2.60. The molecule has 1 aliphatic heterocycles. The van der Waals surface area contributed by atoms with Gasteiger partial charge in [0, 0.05) is 17.9 Å². The van der Waals surface area contributed by atoms with E-state index in [9.17, 15) is 9.59 Å². The largest absolute Gasteiger partial charge is 0.340 e. The fourth-order valence-electron chi connectivity index (χ4n) is 3.17. The summed E-state index contributed by atoms with van der Waals surface area (Å²) >= 11 is 1.59. The molecule has 1 heterocycles. The fraction of sp³-hybridized carbons (Fsp3) is 0.348. The molecule has 152 valence electrons. The molecule has 29 heavy (non-hydrogen) atoms. The summed E-state index contributed by atoms with van der Waals surface area (Å²) in [6, 6.07) is 16.8. The molecule has 0 bridgehead atoms. The molecule has 5 nitrogen and oxygen atoms in total. The first-order valence-corrected chi connectivity index (χ1v) is 10.8. The molecular formula is C23H27N3O2S. The Bertz CT molecular complexity index is 896. The Labute approximate surface area is 176 Å². The summed E-state index contributed by atoms with van der Waals surface area (Å²) in [5, 5.41) is 3.67. The number of amidine groups is 1. The van der Waals surface area contributed by atoms with E-state index >= 15 is 0 Å². The lowest BCUT2D eigenvalue weighted by atomic mass is 10.0. The van der Waals surface area contributed by atoms with Crippen molar-refractivity contribution in [3.8, 4) is 0 Å². The van der Waals surface area contributed by atoms with Crippen molar-refractivity contribution in [2.75, 3.05) is 12.3 Å². The minimum Gasteiger partial charge on any atom is -0.340 e. The smallest absolute Gasteiger partial charge is 0.251 e. The number of nitrogens with one attached hydrogen (secondary N) is 1. The molecule has 0 radical (unpaired) electrons. The van der Waals surface area contributed by atoms with Gasteiger partial charge in [-0.2, -0.15) is 0 Å². The van der Waals surface area contributed by atoms with E-state index in [1.54, 1.807) is 22.7 Å². The van der Waals surface area contributed by atoms with Gasteiger partial charge in [-0.3, -0.25) is 19.5 Å². The van der Waals surface area contributed by atoms with E-state index in [2.05, 4.69) is 10.3 Å². The second-order valence-electron chi connectivity index (χ2n) is 7.49. The van der Waals surface area contributed by atoms with Crippen molar-refractivity contribution in [3.05, 3.63) is 71.3 Å². The van der Waals surface area contributed by atoms with Gasteiger partial charge >= 0.3 is 0 Å². The van der Waals surface area contributed by atoms with Crippen molar-refractivity contribution >= 4 is 28.7 Å². The average molecular weight is 410 g/mol. The van der Waals surface area contributed by atoms with E-state index in [0.717, 1.165) is 22.0 Å². The Kier molecular flexibility index (Phi) is 7.09. The highest BCUT2D eigenvalue weighted by Gasteiger charge is 2.34. The van der Waals surface area contributed by atoms with Gasteiger partial charge in [-0.15, -0.1) is 0 Å². The summed E-state index contributed by atoms with van der Waals surface area (Å²) in [4.78, 5) is 32.3. The van der Waals surface area contributed by atoms with Crippen LogP contribution in [0.1, 0.15) is 35.3 Å². The Morgan fingerprint density at radius 3 is 2.59 bits per heavy atom. The lowest BCUT2D eigenvalue weighted by Gasteiger charge is -2.26. The van der Waals surface area contributed by atoms with E-state index < -0.39 is 6.04 Å². The van der Waals surface area contributed by atoms with Gasteiger partial charge in [0.05, 0.1) is 6.54 Å². The molecule has 0 aromatic heterocycles. The molecule has 0 aliphatic carbocycles. The predicted octanol–water partition coefficient (Wildman–Crippen LogP) is 3.88. The zero-order chi connectivity index (χ0) is 20.8. The lowest BCUT2D eigenvalue weighted by molar-refractivity contribution is -0.130. The third-order valence-electron chi connectivity index (χ3n) is 4.78. The van der Waals surface area contributed by atoms with Crippen LogP contribution in [0.25, 0.3) is 0 Å². The van der Waals surface area contributed by atoms with Crippen LogP contribution in [0.4, 0.5) is 0 Å². The van der Waals surface area contributed by atoms with Gasteiger partial charge in [0.25, 0.3) is 11.8 Å². The van der Waals surface area contributed by atoms with Crippen LogP contribution in [-0.2, 0) is 11.3 Å². The van der Waals surface area contributed by atoms with Crippen molar-refractivity contribution < 1.29 is 9.59 Å². The van der Waals surface area contributed by atoms with Crippen LogP contribution in [-0.4, -0.2) is 40.2 Å². The van der Waals surface area contributed by atoms with Gasteiger partial charge in [-0.05, 0) is 30.5 Å². The molecular weight excluding hydrogens is 382 g/mol. The highest BCUT2D eigenvalue weighted by Crippen LogP contribution is 2.21. The van der Waals surface area contributed by atoms with E-state index in [-0.39, 0.29) is 17.7 Å². The topological polar surface area (TPSA) is 61.8 Å². The number of aliphatic imine (C=N–C) groups is 1. The third kappa shape index (κ3) is 5.48. The van der Waals surface area contributed by atoms with Crippen molar-refractivity contribution in [1.29, 1.82) is 0 Å². The number of carbonyl (C=O) groups is 2. The maximum Gasteiger partial charge on any atom is 0.251 e. The van der Waals surface area contributed by atoms with E-state index in [0.29, 0.717) is 18.7 Å². The number of thioether (sulfide) groups is 1. The fourth-order valence-corrected chi connectivity index (χ4v) is 4.12. The normalized spacial score (nSPS) is 16.3. The minimum absolute atomic E-state index is 0.0303. The first kappa shape index (κ1) is 21.1. The van der Waals surface area contributed by atoms with Crippen LogP contribution in [0.15, 0.2) is 59.6 Å². The molecule has 3 rings (SSSR count). The Morgan fingerprint density at radius 1 is 1.14 bits per heavy atom. The molecule has 2 aromatic carbocycles. The third-order valence-corrected chi connectivity index (χ3v) is 5.78. The number of amides is 2. The van der Waals surface area contributed by atoms with Crippen molar-refractivity contribution in [1.82, 2.24) is 10.2 Å². The van der Waals surface area contributed by atoms with E-state index in [1.165, 1.54) is 0 Å². The molecule has 2 amide bonds. The number of nitrogens with zero attached hydrogens (tertiary/aromatic N) is 2. The van der Waals surface area contributed by atoms with Gasteiger partial charge in [-0.1, -0.05) is 73.6 Å². The van der Waals surface area contributed by atoms with Crippen molar-refractivity contribution in [2.45, 2.75) is 33.4 Å². The van der Waals surface area contributed by atoms with Crippen LogP contribution in [0.2, 0.25) is 0 Å². The number of carbonyl (C=O) groups excluding carboxylic acids is 2. The maximum absolute atomic E-state index is 13.3. The van der Waals surface area contributed by atoms with Gasteiger partial charge in [-0.25, -0.2) is 0 Å². The molecule has 2 aromatic rings. The summed E-state index contributed by atoms with van der Waals surface area (Å²) in [6.45, 7) is 6.99. The maximum atomic E-state index is 13.3. The van der Waals surface area contributed by atoms with E-state index in [4.69, 9.17) is 0 Å². The summed E-state index contributed by atoms with van der Waals surface area (Å²) in [7, 11) is 0. The van der Waals surface area contributed by atoms with Gasteiger partial charge in [0.15, 0.2) is 5.17 Å². The number of rotatable bonds is 6. The van der Waals surface area contributed by atoms with Gasteiger partial charge < -0.3 is 5.32 Å². The minimum atomic E-state index is -0.594. The lowest BCUT2D eigenvalue weighted by Crippen LogP contribution is -2.51. The molecule has 0 spiro atoms. The molecule has 1 atom stereocenters. The quantitative estimate of drug-likeness (QED) is 0.788. The van der Waals surface area contributed by atoms with Gasteiger partial charge in [0.1, 0.15) is 6.04 Å². The molecule has 6 heteroatoms. The molecule has 1 saturated heterocycles. The monoisotopic (exact) mass is 409 g/mol. The van der Waals surface area contributed by atoms with Crippen LogP contribution in [0, 0.1) is 12.8 Å². The summed E-state index contributed by atoms with van der Waals surface area (Å²) < 4.78 is 0. The van der Waals surface area contributed by atoms with E-state index in [1.807, 2.05) is 69.3 Å². The number of benzene rings is 2. The number of hydrogen-bond donors (Lipinski definition) is 1. The molecule has 1 unspecified atom stereocenters. The number of hydrogen-bond acceptors (Lipinski definition) is 4. The van der Waals surface area contributed by atoms with Crippen LogP contribution < -0.4 is 5.32 Å². The second kappa shape index (κ2) is 9.74. The number of aryl methyl sites for hydroxylation is 1. The second-order valence-corrected chi connectivity index (χ2v) is 8.55. The predicted molar refractivity (Wildman–Crippen MR) is 119 cm³/mol. The first-order chi connectivity index (χ1) is 14.0. The Balaban J connectivity index is 1.73.